The van der Waals surface area contributed by atoms with E-state index in [0.29, 0.717) is 45.2 Å². The number of amides is 1. The van der Waals surface area contributed by atoms with E-state index in [-0.39, 0.29) is 42.1 Å². The first-order valence-corrected chi connectivity index (χ1v) is 9.94. The number of nitrogens with zero attached hydrogens (tertiary/aromatic N) is 2. The van der Waals surface area contributed by atoms with Crippen LogP contribution >= 0.6 is 24.0 Å². The fourth-order valence-electron chi connectivity index (χ4n) is 2.89. The van der Waals surface area contributed by atoms with Crippen LogP contribution in [0.1, 0.15) is 47.5 Å². The molecule has 9 heteroatoms. The molecule has 1 atom stereocenters. The molecular formula is C19H39IN4O4. The van der Waals surface area contributed by atoms with Crippen LogP contribution in [-0.2, 0) is 9.47 Å². The number of aliphatic hydroxyl groups is 1. The first-order valence-electron chi connectivity index (χ1n) is 9.94. The Morgan fingerprint density at radius 2 is 2.04 bits per heavy atom. The molecule has 1 rings (SSSR count). The average Bonchev–Trinajstić information content (AvgIpc) is 3.04. The number of ether oxygens (including phenoxy) is 2. The molecule has 0 spiro atoms. The topological polar surface area (TPSA) is 95.4 Å². The van der Waals surface area contributed by atoms with E-state index in [0.717, 1.165) is 19.6 Å². The van der Waals surface area contributed by atoms with Gasteiger partial charge in [-0.15, -0.1) is 24.0 Å². The Labute approximate surface area is 186 Å². The molecule has 0 saturated carbocycles. The van der Waals surface area contributed by atoms with E-state index in [1.165, 1.54) is 0 Å². The summed E-state index contributed by atoms with van der Waals surface area (Å²) < 4.78 is 10.9. The second-order valence-electron chi connectivity index (χ2n) is 7.96. The van der Waals surface area contributed by atoms with Gasteiger partial charge in [0.15, 0.2) is 5.96 Å². The van der Waals surface area contributed by atoms with Crippen LogP contribution in [0.25, 0.3) is 0 Å². The highest BCUT2D eigenvalue weighted by Gasteiger charge is 2.34. The van der Waals surface area contributed by atoms with Crippen molar-refractivity contribution in [1.82, 2.24) is 15.5 Å². The van der Waals surface area contributed by atoms with Crippen LogP contribution in [0.2, 0.25) is 0 Å². The standard InChI is InChI=1S/C19H38N4O4.HI/c1-6-20-16(22-14-19(8-12-24)9-13-26-15-19)21-10-11-23(7-2)17(25)27-18(3,4)5;/h24H,6-15H2,1-5H3,(H2,20,21,22);1H. The van der Waals surface area contributed by atoms with E-state index in [4.69, 9.17) is 9.47 Å². The number of carbonyl (C=O) groups is 1. The maximum atomic E-state index is 12.2. The number of likely N-dealkylation sites (N-methyl/N-ethyl adjacent to an activating group) is 1. The van der Waals surface area contributed by atoms with Gasteiger partial charge in [-0.1, -0.05) is 0 Å². The molecule has 0 aliphatic carbocycles. The number of rotatable bonds is 9. The zero-order chi connectivity index (χ0) is 20.3. The number of carbonyl (C=O) groups excluding carboxylic acids is 1. The van der Waals surface area contributed by atoms with E-state index in [1.807, 2.05) is 34.6 Å². The number of hydrogen-bond acceptors (Lipinski definition) is 5. The lowest BCUT2D eigenvalue weighted by Crippen LogP contribution is -2.44. The first kappa shape index (κ1) is 27.2. The van der Waals surface area contributed by atoms with Crippen molar-refractivity contribution < 1.29 is 19.4 Å². The molecule has 166 valence electrons. The number of nitrogens with one attached hydrogen (secondary N) is 2. The minimum Gasteiger partial charge on any atom is -0.444 e. The zero-order valence-corrected chi connectivity index (χ0v) is 20.4. The summed E-state index contributed by atoms with van der Waals surface area (Å²) in [5.41, 5.74) is -0.582. The van der Waals surface area contributed by atoms with Gasteiger partial charge in [0.25, 0.3) is 0 Å². The molecule has 0 radical (unpaired) electrons. The van der Waals surface area contributed by atoms with Crippen molar-refractivity contribution >= 4 is 36.0 Å². The summed E-state index contributed by atoms with van der Waals surface area (Å²) in [7, 11) is 0. The summed E-state index contributed by atoms with van der Waals surface area (Å²) in [4.78, 5) is 18.5. The molecular weight excluding hydrogens is 475 g/mol. The molecule has 0 aromatic carbocycles. The molecule has 1 amide bonds. The van der Waals surface area contributed by atoms with E-state index in [1.54, 1.807) is 4.90 Å². The molecule has 3 N–H and O–H groups in total. The van der Waals surface area contributed by atoms with E-state index < -0.39 is 5.60 Å². The Hall–Kier alpha value is -0.810. The second-order valence-corrected chi connectivity index (χ2v) is 7.96. The molecule has 1 unspecified atom stereocenters. The third-order valence-electron chi connectivity index (χ3n) is 4.45. The van der Waals surface area contributed by atoms with Gasteiger partial charge in [0, 0.05) is 44.8 Å². The van der Waals surface area contributed by atoms with Crippen LogP contribution in [0.15, 0.2) is 4.99 Å². The van der Waals surface area contributed by atoms with Gasteiger partial charge in [-0.05, 0) is 47.5 Å². The van der Waals surface area contributed by atoms with Crippen LogP contribution in [0.5, 0.6) is 0 Å². The van der Waals surface area contributed by atoms with Crippen molar-refractivity contribution in [2.24, 2.45) is 10.4 Å². The Kier molecular flexibility index (Phi) is 13.0. The van der Waals surface area contributed by atoms with Gasteiger partial charge < -0.3 is 30.1 Å². The maximum absolute atomic E-state index is 12.2. The van der Waals surface area contributed by atoms with Crippen molar-refractivity contribution in [1.29, 1.82) is 0 Å². The van der Waals surface area contributed by atoms with E-state index in [9.17, 15) is 9.90 Å². The highest BCUT2D eigenvalue weighted by molar-refractivity contribution is 14.0. The predicted octanol–water partition coefficient (Wildman–Crippen LogP) is 2.21. The van der Waals surface area contributed by atoms with Crippen LogP contribution in [-0.4, -0.2) is 80.2 Å². The lowest BCUT2D eigenvalue weighted by molar-refractivity contribution is 0.0264. The number of aliphatic imine (C=N–C) groups is 1. The monoisotopic (exact) mass is 514 g/mol. The molecule has 0 aromatic heterocycles. The average molecular weight is 514 g/mol. The zero-order valence-electron chi connectivity index (χ0n) is 18.0. The van der Waals surface area contributed by atoms with Crippen molar-refractivity contribution in [3.8, 4) is 0 Å². The summed E-state index contributed by atoms with van der Waals surface area (Å²) in [6, 6.07) is 0. The lowest BCUT2D eigenvalue weighted by atomic mass is 9.84. The van der Waals surface area contributed by atoms with Gasteiger partial charge in [-0.3, -0.25) is 4.99 Å². The molecule has 1 saturated heterocycles. The van der Waals surface area contributed by atoms with Crippen molar-refractivity contribution in [2.45, 2.75) is 53.1 Å². The molecule has 1 aliphatic heterocycles. The van der Waals surface area contributed by atoms with Gasteiger partial charge in [0.2, 0.25) is 0 Å². The van der Waals surface area contributed by atoms with Crippen LogP contribution < -0.4 is 10.6 Å². The summed E-state index contributed by atoms with van der Waals surface area (Å²) in [6.45, 7) is 14.1. The molecule has 1 aliphatic rings. The molecule has 8 nitrogen and oxygen atoms in total. The van der Waals surface area contributed by atoms with Gasteiger partial charge in [-0.25, -0.2) is 4.79 Å². The van der Waals surface area contributed by atoms with Gasteiger partial charge >= 0.3 is 6.09 Å². The number of guanidine groups is 1. The van der Waals surface area contributed by atoms with Crippen LogP contribution in [0, 0.1) is 5.41 Å². The fourth-order valence-corrected chi connectivity index (χ4v) is 2.89. The molecule has 28 heavy (non-hydrogen) atoms. The van der Waals surface area contributed by atoms with E-state index >= 15 is 0 Å². The predicted molar refractivity (Wildman–Crippen MR) is 122 cm³/mol. The quantitative estimate of drug-likeness (QED) is 0.248. The smallest absolute Gasteiger partial charge is 0.410 e. The summed E-state index contributed by atoms with van der Waals surface area (Å²) in [5, 5.41) is 15.8. The van der Waals surface area contributed by atoms with Gasteiger partial charge in [0.05, 0.1) is 13.2 Å². The van der Waals surface area contributed by atoms with E-state index in [2.05, 4.69) is 15.6 Å². The summed E-state index contributed by atoms with van der Waals surface area (Å²) in [5.74, 6) is 0.710. The minimum absolute atomic E-state index is 0. The largest absolute Gasteiger partial charge is 0.444 e. The van der Waals surface area contributed by atoms with Crippen molar-refractivity contribution in [3.63, 3.8) is 0 Å². The minimum atomic E-state index is -0.501. The number of hydrogen-bond donors (Lipinski definition) is 3. The van der Waals surface area contributed by atoms with Crippen LogP contribution in [0.3, 0.4) is 0 Å². The molecule has 1 fully saturated rings. The van der Waals surface area contributed by atoms with Gasteiger partial charge in [0.1, 0.15) is 5.60 Å². The maximum Gasteiger partial charge on any atom is 0.410 e. The Morgan fingerprint density at radius 3 is 2.54 bits per heavy atom. The molecule has 0 bridgehead atoms. The summed E-state index contributed by atoms with van der Waals surface area (Å²) >= 11 is 0. The lowest BCUT2D eigenvalue weighted by Gasteiger charge is -2.27. The first-order chi connectivity index (χ1) is 12.7. The van der Waals surface area contributed by atoms with Crippen molar-refractivity contribution in [3.05, 3.63) is 0 Å². The third-order valence-corrected chi connectivity index (χ3v) is 4.45. The Balaban J connectivity index is 0.00000729. The number of aliphatic hydroxyl groups excluding tert-OH is 1. The highest BCUT2D eigenvalue weighted by atomic mass is 127. The Morgan fingerprint density at radius 1 is 1.32 bits per heavy atom. The van der Waals surface area contributed by atoms with Gasteiger partial charge in [-0.2, -0.15) is 0 Å². The van der Waals surface area contributed by atoms with Crippen molar-refractivity contribution in [2.75, 3.05) is 52.5 Å². The van der Waals surface area contributed by atoms with Crippen LogP contribution in [0.4, 0.5) is 4.79 Å². The third kappa shape index (κ3) is 10.1. The molecule has 1 heterocycles. The number of halogens is 1. The second kappa shape index (κ2) is 13.4. The summed E-state index contributed by atoms with van der Waals surface area (Å²) in [6.07, 6.45) is 1.30. The molecule has 0 aromatic rings. The normalized spacial score (nSPS) is 19.7. The Bertz CT molecular complexity index is 477. The SMILES string of the molecule is CCNC(=NCC1(CCO)CCOC1)NCCN(CC)C(=O)OC(C)(C)C.I. The fraction of sp³-hybridized carbons (Fsp3) is 0.895. The highest BCUT2D eigenvalue weighted by Crippen LogP contribution is 2.32.